The van der Waals surface area contributed by atoms with E-state index in [1.807, 2.05) is 85.1 Å². The molecule has 4 nitrogen and oxygen atoms in total. The second-order valence-corrected chi connectivity index (χ2v) is 6.86. The maximum Gasteiger partial charge on any atom is 0.273 e. The summed E-state index contributed by atoms with van der Waals surface area (Å²) in [7, 11) is 0. The fourth-order valence-electron chi connectivity index (χ4n) is 3.11. The van der Waals surface area contributed by atoms with Crippen molar-refractivity contribution < 1.29 is 4.79 Å². The van der Waals surface area contributed by atoms with Gasteiger partial charge in [-0.05, 0) is 29.3 Å². The zero-order valence-electron chi connectivity index (χ0n) is 15.0. The summed E-state index contributed by atoms with van der Waals surface area (Å²) in [5.41, 5.74) is 6.25. The second kappa shape index (κ2) is 8.11. The lowest BCUT2D eigenvalue weighted by molar-refractivity contribution is 0.0956. The van der Waals surface area contributed by atoms with Crippen LogP contribution in [0.4, 0.5) is 0 Å². The molecule has 0 radical (unpaired) electrons. The smallest absolute Gasteiger partial charge is 0.273 e. The van der Waals surface area contributed by atoms with Crippen LogP contribution in [0.2, 0.25) is 5.02 Å². The van der Waals surface area contributed by atoms with E-state index in [4.69, 9.17) is 11.6 Å². The van der Waals surface area contributed by atoms with E-state index in [1.54, 1.807) is 6.21 Å². The van der Waals surface area contributed by atoms with Gasteiger partial charge in [0.15, 0.2) is 0 Å². The van der Waals surface area contributed by atoms with Gasteiger partial charge in [0, 0.05) is 28.7 Å². The van der Waals surface area contributed by atoms with Crippen molar-refractivity contribution in [3.05, 3.63) is 107 Å². The molecule has 1 N–H and O–H groups in total. The highest BCUT2D eigenvalue weighted by molar-refractivity contribution is 6.30. The molecular weight excluding hydrogens is 370 g/mol. The molecule has 0 aliphatic rings. The zero-order chi connectivity index (χ0) is 19.3. The number of para-hydroxylation sites is 1. The summed E-state index contributed by atoms with van der Waals surface area (Å²) in [6, 6.07) is 25.2. The van der Waals surface area contributed by atoms with Crippen molar-refractivity contribution in [2.45, 2.75) is 6.54 Å². The van der Waals surface area contributed by atoms with Crippen molar-refractivity contribution in [1.82, 2.24) is 9.99 Å². The number of fused-ring (bicyclic) bond motifs is 1. The van der Waals surface area contributed by atoms with Crippen LogP contribution in [-0.2, 0) is 6.54 Å². The predicted octanol–water partition coefficient (Wildman–Crippen LogP) is 5.11. The number of hydrogen-bond acceptors (Lipinski definition) is 2. The Hall–Kier alpha value is -3.37. The molecule has 0 fully saturated rings. The summed E-state index contributed by atoms with van der Waals surface area (Å²) in [5.74, 6) is -0.238. The van der Waals surface area contributed by atoms with Gasteiger partial charge in [0.25, 0.3) is 5.91 Å². The maximum atomic E-state index is 12.7. The molecule has 4 rings (SSSR count). The fourth-order valence-corrected chi connectivity index (χ4v) is 3.24. The summed E-state index contributed by atoms with van der Waals surface area (Å²) < 4.78 is 2.06. The highest BCUT2D eigenvalue weighted by atomic mass is 35.5. The number of benzene rings is 3. The van der Waals surface area contributed by atoms with Gasteiger partial charge in [-0.25, -0.2) is 5.43 Å². The Kier molecular flexibility index (Phi) is 5.22. The molecule has 0 spiro atoms. The number of hydrogen-bond donors (Lipinski definition) is 1. The molecule has 5 heteroatoms. The largest absolute Gasteiger partial charge is 0.342 e. The molecule has 1 aromatic heterocycles. The van der Waals surface area contributed by atoms with Crippen LogP contribution in [0.25, 0.3) is 10.9 Å². The van der Waals surface area contributed by atoms with E-state index < -0.39 is 0 Å². The summed E-state index contributed by atoms with van der Waals surface area (Å²) in [5, 5.41) is 5.68. The average molecular weight is 388 g/mol. The Morgan fingerprint density at radius 1 is 0.964 bits per heavy atom. The number of rotatable bonds is 5. The lowest BCUT2D eigenvalue weighted by atomic mass is 10.1. The normalized spacial score (nSPS) is 11.2. The molecule has 0 bridgehead atoms. The Morgan fingerprint density at radius 3 is 2.46 bits per heavy atom. The third-order valence-electron chi connectivity index (χ3n) is 4.48. The first-order chi connectivity index (χ1) is 13.7. The molecule has 3 aromatic carbocycles. The number of nitrogens with zero attached hydrogens (tertiary/aromatic N) is 2. The SMILES string of the molecule is O=C(N/N=C/c1ccccc1)c1cn(Cc2ccc(Cl)cc2)c2ccccc12. The zero-order valence-corrected chi connectivity index (χ0v) is 15.8. The van der Waals surface area contributed by atoms with Crippen LogP contribution in [0, 0.1) is 0 Å². The maximum absolute atomic E-state index is 12.7. The van der Waals surface area contributed by atoms with E-state index in [2.05, 4.69) is 15.1 Å². The molecule has 138 valence electrons. The fraction of sp³-hybridized carbons (Fsp3) is 0.0435. The number of nitrogens with one attached hydrogen (secondary N) is 1. The molecule has 0 aliphatic carbocycles. The third kappa shape index (κ3) is 3.97. The summed E-state index contributed by atoms with van der Waals surface area (Å²) >= 11 is 5.98. The quantitative estimate of drug-likeness (QED) is 0.375. The lowest BCUT2D eigenvalue weighted by Crippen LogP contribution is -2.17. The monoisotopic (exact) mass is 387 g/mol. The number of halogens is 1. The van der Waals surface area contributed by atoms with Gasteiger partial charge in [-0.3, -0.25) is 4.79 Å². The minimum Gasteiger partial charge on any atom is -0.342 e. The van der Waals surface area contributed by atoms with E-state index in [-0.39, 0.29) is 5.91 Å². The van der Waals surface area contributed by atoms with Crippen molar-refractivity contribution in [1.29, 1.82) is 0 Å². The number of carbonyl (C=O) groups excluding carboxylic acids is 1. The minimum atomic E-state index is -0.238. The molecule has 0 aliphatic heterocycles. The van der Waals surface area contributed by atoms with E-state index in [9.17, 15) is 4.79 Å². The number of amides is 1. The van der Waals surface area contributed by atoms with Gasteiger partial charge < -0.3 is 4.57 Å². The molecule has 0 atom stereocenters. The van der Waals surface area contributed by atoms with E-state index in [1.165, 1.54) is 0 Å². The van der Waals surface area contributed by atoms with Gasteiger partial charge in [0.1, 0.15) is 0 Å². The molecule has 28 heavy (non-hydrogen) atoms. The topological polar surface area (TPSA) is 46.4 Å². The first kappa shape index (κ1) is 18.0. The summed E-state index contributed by atoms with van der Waals surface area (Å²) in [4.78, 5) is 12.7. The number of aromatic nitrogens is 1. The van der Waals surface area contributed by atoms with E-state index in [0.717, 1.165) is 22.0 Å². The van der Waals surface area contributed by atoms with Crippen LogP contribution in [0.3, 0.4) is 0 Å². The van der Waals surface area contributed by atoms with Gasteiger partial charge in [0.05, 0.1) is 11.8 Å². The van der Waals surface area contributed by atoms with Crippen molar-refractivity contribution in [2.24, 2.45) is 5.10 Å². The van der Waals surface area contributed by atoms with Crippen LogP contribution >= 0.6 is 11.6 Å². The van der Waals surface area contributed by atoms with Crippen LogP contribution in [-0.4, -0.2) is 16.7 Å². The average Bonchev–Trinajstić information content (AvgIpc) is 3.09. The first-order valence-electron chi connectivity index (χ1n) is 8.91. The summed E-state index contributed by atoms with van der Waals surface area (Å²) in [6.07, 6.45) is 3.50. The third-order valence-corrected chi connectivity index (χ3v) is 4.73. The second-order valence-electron chi connectivity index (χ2n) is 6.42. The Bertz CT molecular complexity index is 1130. The van der Waals surface area contributed by atoms with Crippen LogP contribution in [0.5, 0.6) is 0 Å². The molecule has 0 unspecified atom stereocenters. The van der Waals surface area contributed by atoms with Gasteiger partial charge >= 0.3 is 0 Å². The van der Waals surface area contributed by atoms with Crippen molar-refractivity contribution in [3.63, 3.8) is 0 Å². The van der Waals surface area contributed by atoms with Crippen molar-refractivity contribution >= 4 is 34.6 Å². The standard InChI is InChI=1S/C23H18ClN3O/c24-19-12-10-18(11-13-19)15-27-16-21(20-8-4-5-9-22(20)27)23(28)26-25-14-17-6-2-1-3-7-17/h1-14,16H,15H2,(H,26,28)/b25-14+. The highest BCUT2D eigenvalue weighted by Gasteiger charge is 2.14. The highest BCUT2D eigenvalue weighted by Crippen LogP contribution is 2.23. The predicted molar refractivity (Wildman–Crippen MR) is 114 cm³/mol. The minimum absolute atomic E-state index is 0.238. The Labute approximate surface area is 168 Å². The number of hydrazone groups is 1. The number of carbonyl (C=O) groups is 1. The molecule has 1 amide bonds. The molecule has 0 saturated heterocycles. The van der Waals surface area contributed by atoms with E-state index in [0.29, 0.717) is 17.1 Å². The van der Waals surface area contributed by atoms with Gasteiger partial charge in [0.2, 0.25) is 0 Å². The first-order valence-corrected chi connectivity index (χ1v) is 9.29. The van der Waals surface area contributed by atoms with Crippen molar-refractivity contribution in [3.8, 4) is 0 Å². The lowest BCUT2D eigenvalue weighted by Gasteiger charge is -2.05. The van der Waals surface area contributed by atoms with Gasteiger partial charge in [-0.1, -0.05) is 72.3 Å². The van der Waals surface area contributed by atoms with Crippen LogP contribution in [0.1, 0.15) is 21.5 Å². The van der Waals surface area contributed by atoms with Crippen molar-refractivity contribution in [2.75, 3.05) is 0 Å². The van der Waals surface area contributed by atoms with Crippen LogP contribution in [0.15, 0.2) is 90.2 Å². The Balaban J connectivity index is 1.59. The molecule has 1 heterocycles. The molecule has 0 saturated carbocycles. The van der Waals surface area contributed by atoms with E-state index >= 15 is 0 Å². The van der Waals surface area contributed by atoms with Gasteiger partial charge in [-0.15, -0.1) is 0 Å². The molecular formula is C23H18ClN3O. The van der Waals surface area contributed by atoms with Gasteiger partial charge in [-0.2, -0.15) is 5.10 Å². The summed E-state index contributed by atoms with van der Waals surface area (Å²) in [6.45, 7) is 0.651. The Morgan fingerprint density at radius 2 is 1.68 bits per heavy atom. The van der Waals surface area contributed by atoms with Crippen LogP contribution < -0.4 is 5.43 Å². The molecule has 4 aromatic rings.